The van der Waals surface area contributed by atoms with Crippen molar-refractivity contribution in [3.05, 3.63) is 32.9 Å². The SMILES string of the molecule is C[C@H]1C[C@@H](COP(=O)(O)OP(=O)(O)OP(=O)(O)O)O[C@H]1n1cc(F)c(=O)[nH]c1=O. The molecule has 0 spiro atoms. The topological polar surface area (TPSA) is 224 Å². The van der Waals surface area contributed by atoms with Crippen molar-refractivity contribution in [3.8, 4) is 0 Å². The Morgan fingerprint density at radius 1 is 1.21 bits per heavy atom. The zero-order valence-corrected chi connectivity index (χ0v) is 17.0. The highest BCUT2D eigenvalue weighted by Crippen LogP contribution is 2.66. The molecule has 1 aromatic heterocycles. The normalized spacial score (nSPS) is 26.8. The first kappa shape index (κ1) is 24.3. The minimum atomic E-state index is -5.65. The summed E-state index contributed by atoms with van der Waals surface area (Å²) in [6.07, 6.45) is -1.29. The van der Waals surface area contributed by atoms with Crippen LogP contribution in [0.4, 0.5) is 4.39 Å². The van der Waals surface area contributed by atoms with Gasteiger partial charge in [0.1, 0.15) is 6.23 Å². The van der Waals surface area contributed by atoms with Crippen LogP contribution in [0.2, 0.25) is 0 Å². The van der Waals surface area contributed by atoms with E-state index in [0.29, 0.717) is 6.20 Å². The van der Waals surface area contributed by atoms with Gasteiger partial charge in [-0.3, -0.25) is 18.9 Å². The maximum Gasteiger partial charge on any atom is 0.490 e. The van der Waals surface area contributed by atoms with E-state index in [1.54, 1.807) is 11.9 Å². The van der Waals surface area contributed by atoms with Crippen molar-refractivity contribution >= 4 is 23.5 Å². The maximum absolute atomic E-state index is 13.4. The van der Waals surface area contributed by atoms with E-state index in [-0.39, 0.29) is 6.42 Å². The van der Waals surface area contributed by atoms with Crippen LogP contribution in [0.1, 0.15) is 19.6 Å². The fourth-order valence-electron chi connectivity index (χ4n) is 2.50. The molecule has 19 heteroatoms. The summed E-state index contributed by atoms with van der Waals surface area (Å²) < 4.78 is 64.7. The lowest BCUT2D eigenvalue weighted by atomic mass is 10.1. The zero-order chi connectivity index (χ0) is 22.2. The molecule has 166 valence electrons. The lowest BCUT2D eigenvalue weighted by Gasteiger charge is -2.19. The van der Waals surface area contributed by atoms with E-state index < -0.39 is 65.4 Å². The molecule has 1 aliphatic rings. The van der Waals surface area contributed by atoms with E-state index in [0.717, 1.165) is 4.57 Å². The van der Waals surface area contributed by atoms with Gasteiger partial charge in [0.2, 0.25) is 5.82 Å². The minimum Gasteiger partial charge on any atom is -0.352 e. The van der Waals surface area contributed by atoms with Gasteiger partial charge in [-0.05, 0) is 6.42 Å². The van der Waals surface area contributed by atoms with E-state index in [2.05, 4.69) is 13.1 Å². The Kier molecular flexibility index (Phi) is 7.20. The summed E-state index contributed by atoms with van der Waals surface area (Å²) in [5.74, 6) is -1.69. The molecule has 2 unspecified atom stereocenters. The first-order valence-electron chi connectivity index (χ1n) is 7.53. The third-order valence-corrected chi connectivity index (χ3v) is 7.29. The molecule has 1 saturated heterocycles. The van der Waals surface area contributed by atoms with Gasteiger partial charge in [-0.15, -0.1) is 0 Å². The number of H-pyrrole nitrogens is 1. The fourth-order valence-corrected chi connectivity index (χ4v) is 5.54. The molecule has 0 bridgehead atoms. The van der Waals surface area contributed by atoms with E-state index in [4.69, 9.17) is 19.4 Å². The van der Waals surface area contributed by atoms with Crippen molar-refractivity contribution in [2.24, 2.45) is 5.92 Å². The largest absolute Gasteiger partial charge is 0.490 e. The second-order valence-electron chi connectivity index (χ2n) is 5.89. The number of hydrogen-bond acceptors (Lipinski definition) is 9. The molecule has 0 radical (unpaired) electrons. The molecular weight excluding hydrogens is 468 g/mol. The Morgan fingerprint density at radius 2 is 1.83 bits per heavy atom. The molecule has 5 N–H and O–H groups in total. The number of hydrogen-bond donors (Lipinski definition) is 5. The third-order valence-electron chi connectivity index (χ3n) is 3.49. The summed E-state index contributed by atoms with van der Waals surface area (Å²) in [5, 5.41) is 0. The van der Waals surface area contributed by atoms with Gasteiger partial charge in [-0.2, -0.15) is 13.0 Å². The number of nitrogens with one attached hydrogen (secondary N) is 1. The van der Waals surface area contributed by atoms with Crippen LogP contribution in [-0.2, 0) is 31.6 Å². The zero-order valence-electron chi connectivity index (χ0n) is 14.4. The standard InChI is InChI=1S/C10H16FN2O13P3/c1-5-2-6(24-9(5)13-3-7(11)8(14)12-10(13)15)4-23-28(19,20)26-29(21,22)25-27(16,17)18/h3,5-6,9H,2,4H2,1H3,(H,19,20)(H,21,22)(H,12,14,15)(H2,16,17,18)/t5-,6-,9+/m0/s1. The second-order valence-corrected chi connectivity index (χ2v) is 10.3. The molecule has 1 fully saturated rings. The summed E-state index contributed by atoms with van der Waals surface area (Å²) in [5.41, 5.74) is -2.18. The predicted octanol–water partition coefficient (Wildman–Crippen LogP) is -0.0574. The van der Waals surface area contributed by atoms with Crippen molar-refractivity contribution in [2.45, 2.75) is 25.7 Å². The molecule has 0 amide bonds. The number of phosphoric acid groups is 3. The molecule has 0 aromatic carbocycles. The Hall–Kier alpha value is -1.02. The molecule has 5 atom stereocenters. The van der Waals surface area contributed by atoms with Gasteiger partial charge >= 0.3 is 29.2 Å². The van der Waals surface area contributed by atoms with Crippen molar-refractivity contribution < 1.29 is 55.5 Å². The Morgan fingerprint density at radius 3 is 2.41 bits per heavy atom. The van der Waals surface area contributed by atoms with Crippen LogP contribution in [0.15, 0.2) is 15.8 Å². The first-order valence-corrected chi connectivity index (χ1v) is 12.1. The molecule has 2 rings (SSSR count). The third kappa shape index (κ3) is 7.02. The molecule has 2 heterocycles. The number of aromatic nitrogens is 2. The average Bonchev–Trinajstić information content (AvgIpc) is 2.86. The van der Waals surface area contributed by atoms with E-state index >= 15 is 0 Å². The van der Waals surface area contributed by atoms with Gasteiger partial charge in [-0.25, -0.2) is 18.5 Å². The van der Waals surface area contributed by atoms with E-state index in [1.165, 1.54) is 0 Å². The van der Waals surface area contributed by atoms with Crippen LogP contribution >= 0.6 is 23.5 Å². The number of halogens is 1. The summed E-state index contributed by atoms with van der Waals surface area (Å²) in [6.45, 7) is 0.871. The highest BCUT2D eigenvalue weighted by Gasteiger charge is 2.42. The lowest BCUT2D eigenvalue weighted by molar-refractivity contribution is -0.0336. The first-order chi connectivity index (χ1) is 13.1. The lowest BCUT2D eigenvalue weighted by Crippen LogP contribution is -2.35. The highest BCUT2D eigenvalue weighted by atomic mass is 31.3. The quantitative estimate of drug-likeness (QED) is 0.305. The Bertz CT molecular complexity index is 1020. The van der Waals surface area contributed by atoms with Gasteiger partial charge in [0.25, 0.3) is 5.56 Å². The van der Waals surface area contributed by atoms with Crippen LogP contribution in [0.5, 0.6) is 0 Å². The number of phosphoric ester groups is 1. The van der Waals surface area contributed by atoms with Crippen molar-refractivity contribution in [2.75, 3.05) is 6.61 Å². The van der Waals surface area contributed by atoms with Gasteiger partial charge in [0.05, 0.1) is 18.9 Å². The summed E-state index contributed by atoms with van der Waals surface area (Å²) >= 11 is 0. The monoisotopic (exact) mass is 484 g/mol. The number of ether oxygens (including phenoxy) is 1. The van der Waals surface area contributed by atoms with Gasteiger partial charge in [0.15, 0.2) is 0 Å². The molecule has 29 heavy (non-hydrogen) atoms. The second kappa shape index (κ2) is 8.61. The van der Waals surface area contributed by atoms with Crippen molar-refractivity contribution in [1.82, 2.24) is 9.55 Å². The minimum absolute atomic E-state index is 0.119. The number of rotatable bonds is 8. The molecule has 1 aliphatic heterocycles. The molecule has 0 saturated carbocycles. The van der Waals surface area contributed by atoms with E-state index in [9.17, 15) is 32.6 Å². The smallest absolute Gasteiger partial charge is 0.352 e. The van der Waals surface area contributed by atoms with Gasteiger partial charge in [0, 0.05) is 5.92 Å². The van der Waals surface area contributed by atoms with Crippen LogP contribution < -0.4 is 11.2 Å². The van der Waals surface area contributed by atoms with Crippen molar-refractivity contribution in [3.63, 3.8) is 0 Å². The number of nitrogens with zero attached hydrogens (tertiary/aromatic N) is 1. The summed E-state index contributed by atoms with van der Waals surface area (Å²) in [4.78, 5) is 60.0. The predicted molar refractivity (Wildman–Crippen MR) is 88.8 cm³/mol. The summed E-state index contributed by atoms with van der Waals surface area (Å²) in [6, 6.07) is 0. The van der Waals surface area contributed by atoms with E-state index in [1.807, 2.05) is 0 Å². The van der Waals surface area contributed by atoms with Crippen LogP contribution in [0.25, 0.3) is 0 Å². The number of aromatic amines is 1. The summed E-state index contributed by atoms with van der Waals surface area (Å²) in [7, 11) is -16.5. The van der Waals surface area contributed by atoms with Crippen LogP contribution in [0.3, 0.4) is 0 Å². The molecule has 1 aromatic rings. The Balaban J connectivity index is 2.02. The molecule has 15 nitrogen and oxygen atoms in total. The molecular formula is C10H16FN2O13P3. The average molecular weight is 484 g/mol. The fraction of sp³-hybridized carbons (Fsp3) is 0.600. The Labute approximate surface area is 160 Å². The van der Waals surface area contributed by atoms with Crippen molar-refractivity contribution in [1.29, 1.82) is 0 Å². The molecule has 0 aliphatic carbocycles. The van der Waals surface area contributed by atoms with Gasteiger partial charge in [-0.1, -0.05) is 6.92 Å². The maximum atomic E-state index is 13.4. The van der Waals surface area contributed by atoms with Gasteiger partial charge < -0.3 is 24.3 Å². The van der Waals surface area contributed by atoms with Crippen LogP contribution in [0, 0.1) is 11.7 Å². The highest BCUT2D eigenvalue weighted by molar-refractivity contribution is 7.66. The van der Waals surface area contributed by atoms with Crippen LogP contribution in [-0.4, -0.2) is 41.8 Å².